The maximum atomic E-state index is 5.31. The van der Waals surface area contributed by atoms with Crippen LogP contribution >= 0.6 is 0 Å². The van der Waals surface area contributed by atoms with Crippen LogP contribution in [-0.2, 0) is 0 Å². The Kier molecular flexibility index (Phi) is 15.3. The second-order valence-corrected chi connectivity index (χ2v) is 16.9. The summed E-state index contributed by atoms with van der Waals surface area (Å²) in [6.07, 6.45) is 34.8. The molecule has 1 aromatic heterocycles. The molecule has 65 heavy (non-hydrogen) atoms. The number of rotatable bonds is 16. The van der Waals surface area contributed by atoms with Crippen LogP contribution in [-0.4, -0.2) is 9.97 Å². The van der Waals surface area contributed by atoms with Crippen molar-refractivity contribution < 1.29 is 0 Å². The first-order valence-corrected chi connectivity index (χ1v) is 22.7. The average Bonchev–Trinajstić information content (AvgIpc) is 3.63. The van der Waals surface area contributed by atoms with Gasteiger partial charge in [0.2, 0.25) is 0 Å². The summed E-state index contributed by atoms with van der Waals surface area (Å²) < 4.78 is 0. The molecule has 0 saturated heterocycles. The molecule has 2 aliphatic rings. The van der Waals surface area contributed by atoms with Crippen LogP contribution in [0.5, 0.6) is 0 Å². The quantitative estimate of drug-likeness (QED) is 0.0730. The highest BCUT2D eigenvalue weighted by Gasteiger charge is 2.20. The lowest BCUT2D eigenvalue weighted by Crippen LogP contribution is -2.07. The molecule has 0 spiro atoms. The zero-order valence-corrected chi connectivity index (χ0v) is 38.5. The monoisotopic (exact) mass is 844 g/mol. The molecule has 2 unspecified atom stereocenters. The number of aromatic nitrogens is 2. The summed E-state index contributed by atoms with van der Waals surface area (Å²) in [6, 6.07) is 36.4. The van der Waals surface area contributed by atoms with Crippen LogP contribution in [0.3, 0.4) is 0 Å². The van der Waals surface area contributed by atoms with Crippen LogP contribution in [0.4, 0.5) is 0 Å². The minimum absolute atomic E-state index is 0.280. The van der Waals surface area contributed by atoms with Gasteiger partial charge in [-0.25, -0.2) is 9.97 Å². The smallest absolute Gasteiger partial charge is 0.160 e. The van der Waals surface area contributed by atoms with Crippen LogP contribution in [0.2, 0.25) is 0 Å². The molecule has 4 aromatic carbocycles. The predicted octanol–water partition coefficient (Wildman–Crippen LogP) is 17.0. The first-order valence-electron chi connectivity index (χ1n) is 22.7. The highest BCUT2D eigenvalue weighted by atomic mass is 14.9. The summed E-state index contributed by atoms with van der Waals surface area (Å²) in [5.74, 6) is 1.33. The van der Waals surface area contributed by atoms with Crippen LogP contribution in [0.1, 0.15) is 67.9 Å². The summed E-state index contributed by atoms with van der Waals surface area (Å²) in [5, 5.41) is 0. The number of aryl methyl sites for hydroxylation is 1. The molecule has 5 aromatic rings. The van der Waals surface area contributed by atoms with Crippen LogP contribution in [0.15, 0.2) is 243 Å². The van der Waals surface area contributed by atoms with Crippen molar-refractivity contribution in [2.45, 2.75) is 47.0 Å². The molecule has 0 radical (unpaired) electrons. The fourth-order valence-corrected chi connectivity index (χ4v) is 8.53. The van der Waals surface area contributed by atoms with E-state index in [1.165, 1.54) is 33.4 Å². The molecule has 2 heteroatoms. The van der Waals surface area contributed by atoms with E-state index in [4.69, 9.17) is 16.5 Å². The highest BCUT2D eigenvalue weighted by Crippen LogP contribution is 2.40. The van der Waals surface area contributed by atoms with Crippen molar-refractivity contribution in [2.24, 2.45) is 11.8 Å². The molecular formula is C63H60N2. The van der Waals surface area contributed by atoms with E-state index >= 15 is 0 Å². The Labute approximate surface area is 388 Å². The van der Waals surface area contributed by atoms with Gasteiger partial charge in [0.15, 0.2) is 5.82 Å². The van der Waals surface area contributed by atoms with Crippen molar-refractivity contribution in [3.63, 3.8) is 0 Å². The summed E-state index contributed by atoms with van der Waals surface area (Å²) in [6.45, 7) is 25.8. The Morgan fingerprint density at radius 2 is 1.43 bits per heavy atom. The van der Waals surface area contributed by atoms with Crippen LogP contribution in [0, 0.1) is 18.8 Å². The SMILES string of the molecule is C=C/C=C\C(=C(C)C)/C(=C\C1C=CC=CC1C)c1ccc(-c2cc(-c3ccccc3)nc(-c3ccc(C)c(C(=C)c4ccccc4/C(C4=CCC=CC=C4)=C(/C=C)CCC=C)c3)n2)cc1. The van der Waals surface area contributed by atoms with E-state index in [2.05, 4.69) is 211 Å². The Hall–Kier alpha value is -7.42. The Balaban J connectivity index is 1.32. The fourth-order valence-electron chi connectivity index (χ4n) is 8.53. The van der Waals surface area contributed by atoms with E-state index in [0.717, 1.165) is 80.7 Å². The van der Waals surface area contributed by atoms with Gasteiger partial charge in [-0.05, 0) is 119 Å². The van der Waals surface area contributed by atoms with Gasteiger partial charge in [0.05, 0.1) is 11.4 Å². The molecule has 0 fully saturated rings. The van der Waals surface area contributed by atoms with Gasteiger partial charge in [-0.2, -0.15) is 0 Å². The fraction of sp³-hybridized carbons (Fsp3) is 0.143. The lowest BCUT2D eigenvalue weighted by atomic mass is 9.83. The summed E-state index contributed by atoms with van der Waals surface area (Å²) in [7, 11) is 0. The zero-order chi connectivity index (χ0) is 45.7. The van der Waals surface area contributed by atoms with Crippen molar-refractivity contribution in [1.29, 1.82) is 0 Å². The van der Waals surface area contributed by atoms with Gasteiger partial charge in [-0.1, -0.05) is 214 Å². The molecule has 0 saturated carbocycles. The van der Waals surface area contributed by atoms with Gasteiger partial charge in [-0.3, -0.25) is 0 Å². The van der Waals surface area contributed by atoms with E-state index in [-0.39, 0.29) is 5.92 Å². The number of nitrogens with zero attached hydrogens (tertiary/aromatic N) is 2. The Bertz CT molecular complexity index is 2870. The lowest BCUT2D eigenvalue weighted by molar-refractivity contribution is 0.606. The predicted molar refractivity (Wildman–Crippen MR) is 282 cm³/mol. The molecule has 2 nitrogen and oxygen atoms in total. The van der Waals surface area contributed by atoms with Gasteiger partial charge in [0.25, 0.3) is 0 Å². The topological polar surface area (TPSA) is 25.8 Å². The molecule has 2 aliphatic carbocycles. The number of benzene rings is 4. The Morgan fingerprint density at radius 1 is 0.738 bits per heavy atom. The first-order chi connectivity index (χ1) is 31.7. The molecule has 1 heterocycles. The second-order valence-electron chi connectivity index (χ2n) is 16.9. The first kappa shape index (κ1) is 45.6. The third kappa shape index (κ3) is 10.9. The van der Waals surface area contributed by atoms with Gasteiger partial charge < -0.3 is 0 Å². The molecule has 0 bridgehead atoms. The van der Waals surface area contributed by atoms with Crippen LogP contribution in [0.25, 0.3) is 50.6 Å². The third-order valence-electron chi connectivity index (χ3n) is 12.2. The van der Waals surface area contributed by atoms with Gasteiger partial charge in [0.1, 0.15) is 0 Å². The Morgan fingerprint density at radius 3 is 2.12 bits per heavy atom. The minimum atomic E-state index is 0.280. The zero-order valence-electron chi connectivity index (χ0n) is 38.5. The van der Waals surface area contributed by atoms with Gasteiger partial charge >= 0.3 is 0 Å². The number of allylic oxidation sites excluding steroid dienone is 21. The number of hydrogen-bond donors (Lipinski definition) is 0. The molecular weight excluding hydrogens is 785 g/mol. The summed E-state index contributed by atoms with van der Waals surface area (Å²) in [4.78, 5) is 10.6. The maximum Gasteiger partial charge on any atom is 0.160 e. The van der Waals surface area contributed by atoms with E-state index in [9.17, 15) is 0 Å². The average molecular weight is 845 g/mol. The third-order valence-corrected chi connectivity index (χ3v) is 12.2. The van der Waals surface area contributed by atoms with Gasteiger partial charge in [-0.15, -0.1) is 6.58 Å². The normalized spacial score (nSPS) is 16.1. The molecule has 0 aliphatic heterocycles. The van der Waals surface area contributed by atoms with Crippen LogP contribution < -0.4 is 0 Å². The molecule has 7 rings (SSSR count). The summed E-state index contributed by atoms with van der Waals surface area (Å²) in [5.41, 5.74) is 18.3. The van der Waals surface area contributed by atoms with Crippen molar-refractivity contribution in [3.8, 4) is 33.9 Å². The van der Waals surface area contributed by atoms with E-state index in [0.29, 0.717) is 11.7 Å². The summed E-state index contributed by atoms with van der Waals surface area (Å²) >= 11 is 0. The number of hydrogen-bond acceptors (Lipinski definition) is 2. The van der Waals surface area contributed by atoms with E-state index in [1.54, 1.807) is 0 Å². The van der Waals surface area contributed by atoms with Crippen molar-refractivity contribution in [1.82, 2.24) is 9.97 Å². The molecule has 0 amide bonds. The van der Waals surface area contributed by atoms with Gasteiger partial charge in [0, 0.05) is 22.6 Å². The maximum absolute atomic E-state index is 5.31. The molecule has 322 valence electrons. The van der Waals surface area contributed by atoms with E-state index < -0.39 is 0 Å². The second kappa shape index (κ2) is 21.8. The molecule has 2 atom stereocenters. The van der Waals surface area contributed by atoms with E-state index in [1.807, 2.05) is 30.4 Å². The lowest BCUT2D eigenvalue weighted by Gasteiger charge is -2.21. The van der Waals surface area contributed by atoms with Crippen molar-refractivity contribution in [3.05, 3.63) is 271 Å². The standard InChI is InChI=1S/C63H60N2/c1-9-12-26-48(11-3)62(52-29-17-14-15-18-30-52)57-34-24-23-33-56(57)47(8)58-42-54(36-35-46(58)7)63-64-60(50-27-19-16-20-28-50)43-61(65-63)51-39-37-49(38-40-51)59(55(44(4)5)32-13-10-2)41-53-31-22-21-25-45(53)6/h9-11,13-17,19-25,27-43,45,53H,1-3,8,12,18,26H2,4-7H3/b32-13-,59-41-,62-48-. The minimum Gasteiger partial charge on any atom is -0.228 e. The van der Waals surface area contributed by atoms with Crippen molar-refractivity contribution in [2.75, 3.05) is 0 Å². The largest absolute Gasteiger partial charge is 0.228 e. The molecule has 0 N–H and O–H groups in total. The van der Waals surface area contributed by atoms with Crippen molar-refractivity contribution >= 4 is 16.7 Å². The highest BCUT2D eigenvalue weighted by molar-refractivity contribution is 5.94.